The standard InChI is InChI=1S/C40H31N.C17H14.C16H18.5C2H6/c1-26-12-4-5-15-30(26)29-14-10-13-27(24-29)28-22-23-37-33(25-28)31-16-7-9-20-36(31)41(37)38-21-11-19-35-39(38)32-17-6-8-18-34(32)40(35,2)3;1-13-6-8-15(9-7-13)17-11-10-14-4-2-3-5-16(14)12-17;1-11-8-9-13-12-6-4-5-7-14(12)16(2,3)15(13)10-11;5*1-2/h4-25H,1-3H3;2-12H,1H3;4-5,7-10,12H,6H2,1-3H3;5*1-2H3. The van der Waals surface area contributed by atoms with E-state index >= 15 is 0 Å². The van der Waals surface area contributed by atoms with Gasteiger partial charge in [-0.3, -0.25) is 0 Å². The quantitative estimate of drug-likeness (QED) is 0.166. The molecule has 0 bridgehead atoms. The molecule has 0 saturated heterocycles. The smallest absolute Gasteiger partial charge is 0.0543 e. The zero-order valence-electron chi connectivity index (χ0n) is 53.7. The monoisotopic (exact) mass is 1100 g/mol. The molecule has 1 atom stereocenters. The fourth-order valence-corrected chi connectivity index (χ4v) is 12.5. The van der Waals surface area contributed by atoms with E-state index in [4.69, 9.17) is 0 Å². The summed E-state index contributed by atoms with van der Waals surface area (Å²) in [5.74, 6) is 0.635. The Labute approximate surface area is 506 Å². The summed E-state index contributed by atoms with van der Waals surface area (Å²) in [7, 11) is 0. The first-order valence-electron chi connectivity index (χ1n) is 31.4. The van der Waals surface area contributed by atoms with Crippen molar-refractivity contribution in [3.05, 3.63) is 281 Å². The molecule has 11 aromatic rings. The number of aromatic nitrogens is 1. The number of nitrogens with zero attached hydrogens (tertiary/aromatic N) is 1. The van der Waals surface area contributed by atoms with Crippen molar-refractivity contribution in [3.63, 3.8) is 0 Å². The first-order chi connectivity index (χ1) is 41.0. The van der Waals surface area contributed by atoms with Gasteiger partial charge in [0.2, 0.25) is 0 Å². The predicted octanol–water partition coefficient (Wildman–Crippen LogP) is 24.9. The van der Waals surface area contributed by atoms with E-state index in [0.29, 0.717) is 5.92 Å². The van der Waals surface area contributed by atoms with E-state index in [-0.39, 0.29) is 10.8 Å². The first kappa shape index (κ1) is 63.3. The highest BCUT2D eigenvalue weighted by atomic mass is 15.0. The van der Waals surface area contributed by atoms with Crippen molar-refractivity contribution in [2.75, 3.05) is 0 Å². The molecule has 3 aliphatic carbocycles. The van der Waals surface area contributed by atoms with Gasteiger partial charge in [0.15, 0.2) is 0 Å². The van der Waals surface area contributed by atoms with Gasteiger partial charge in [0.25, 0.3) is 0 Å². The van der Waals surface area contributed by atoms with Crippen LogP contribution in [0.15, 0.2) is 242 Å². The molecule has 84 heavy (non-hydrogen) atoms. The average Bonchev–Trinajstić information content (AvgIpc) is 3.10. The molecule has 1 aromatic heterocycles. The Hall–Kier alpha value is -8.26. The van der Waals surface area contributed by atoms with Crippen LogP contribution >= 0.6 is 0 Å². The van der Waals surface area contributed by atoms with Crippen molar-refractivity contribution in [2.24, 2.45) is 0 Å². The van der Waals surface area contributed by atoms with Gasteiger partial charge in [-0.25, -0.2) is 0 Å². The molecular formula is C83H93N. The number of fused-ring (bicyclic) bond motifs is 10. The second-order valence-corrected chi connectivity index (χ2v) is 21.8. The summed E-state index contributed by atoms with van der Waals surface area (Å²) in [6, 6.07) is 79.9. The maximum Gasteiger partial charge on any atom is 0.0543 e. The van der Waals surface area contributed by atoms with Gasteiger partial charge in [0, 0.05) is 33.1 Å². The Bertz CT molecular complexity index is 4020. The van der Waals surface area contributed by atoms with Gasteiger partial charge in [-0.1, -0.05) is 314 Å². The lowest BCUT2D eigenvalue weighted by atomic mass is 9.79. The van der Waals surface area contributed by atoms with Crippen molar-refractivity contribution in [2.45, 2.75) is 141 Å². The van der Waals surface area contributed by atoms with Crippen LogP contribution in [0.4, 0.5) is 0 Å². The van der Waals surface area contributed by atoms with Crippen LogP contribution in [0.1, 0.15) is 148 Å². The molecule has 1 heteroatoms. The molecule has 14 rings (SSSR count). The third-order valence-electron chi connectivity index (χ3n) is 16.4. The molecule has 0 saturated carbocycles. The lowest BCUT2D eigenvalue weighted by Gasteiger charge is -2.25. The SMILES string of the molecule is CC.CC.CC.CC.CC.Cc1ccc(-c2ccc3ccccc3c2)cc1.Cc1ccc2c(c1)C(C)(C)C1=CC=CCC12.Cc1ccccc1-c1cccc(-c2ccc3c(c2)c2ccccc2n3-c2cccc3c2-c2ccccc2C3(C)C)c1. The fraction of sp³-hybridized carbons (Fsp3) is 0.253. The number of allylic oxidation sites excluding steroid dienone is 4. The summed E-state index contributed by atoms with van der Waals surface area (Å²) in [6.07, 6.45) is 8.00. The minimum absolute atomic E-state index is 0.0318. The largest absolute Gasteiger partial charge is 0.309 e. The van der Waals surface area contributed by atoms with Gasteiger partial charge in [0.1, 0.15) is 0 Å². The molecule has 1 nitrogen and oxygen atoms in total. The van der Waals surface area contributed by atoms with Gasteiger partial charge in [0.05, 0.1) is 16.7 Å². The van der Waals surface area contributed by atoms with Crippen LogP contribution in [-0.4, -0.2) is 4.57 Å². The lowest BCUT2D eigenvalue weighted by Crippen LogP contribution is -2.17. The van der Waals surface area contributed by atoms with E-state index in [2.05, 4.69) is 290 Å². The van der Waals surface area contributed by atoms with E-state index in [1.165, 1.54) is 123 Å². The van der Waals surface area contributed by atoms with Crippen LogP contribution in [0.5, 0.6) is 0 Å². The highest BCUT2D eigenvalue weighted by Crippen LogP contribution is 2.54. The minimum atomic E-state index is -0.0318. The molecule has 0 spiro atoms. The number of hydrogen-bond acceptors (Lipinski definition) is 0. The minimum Gasteiger partial charge on any atom is -0.309 e. The van der Waals surface area contributed by atoms with E-state index in [9.17, 15) is 0 Å². The fourth-order valence-electron chi connectivity index (χ4n) is 12.5. The Morgan fingerprint density at radius 1 is 0.381 bits per heavy atom. The predicted molar refractivity (Wildman–Crippen MR) is 374 cm³/mol. The highest BCUT2D eigenvalue weighted by molar-refractivity contribution is 6.11. The summed E-state index contributed by atoms with van der Waals surface area (Å²) in [4.78, 5) is 0. The second kappa shape index (κ2) is 28.8. The molecule has 3 aliphatic rings. The van der Waals surface area contributed by atoms with Crippen LogP contribution in [0.3, 0.4) is 0 Å². The van der Waals surface area contributed by atoms with Crippen molar-refractivity contribution < 1.29 is 0 Å². The molecule has 0 aliphatic heterocycles. The second-order valence-electron chi connectivity index (χ2n) is 21.8. The number of rotatable bonds is 4. The summed E-state index contributed by atoms with van der Waals surface area (Å²) in [6.45, 7) is 35.9. The molecular weight excluding hydrogens is 1010 g/mol. The van der Waals surface area contributed by atoms with Gasteiger partial charge in [-0.05, 0) is 141 Å². The first-order valence-corrected chi connectivity index (χ1v) is 31.4. The van der Waals surface area contributed by atoms with Gasteiger partial charge in [-0.15, -0.1) is 0 Å². The molecule has 0 fully saturated rings. The third-order valence-corrected chi connectivity index (χ3v) is 16.4. The van der Waals surface area contributed by atoms with E-state index in [1.54, 1.807) is 11.1 Å². The number of para-hydroxylation sites is 1. The van der Waals surface area contributed by atoms with Gasteiger partial charge < -0.3 is 4.57 Å². The average molecular weight is 1100 g/mol. The van der Waals surface area contributed by atoms with Crippen LogP contribution in [-0.2, 0) is 10.8 Å². The summed E-state index contributed by atoms with van der Waals surface area (Å²) < 4.78 is 2.48. The van der Waals surface area contributed by atoms with Crippen LogP contribution < -0.4 is 0 Å². The Balaban J connectivity index is 0.000000194. The number of aryl methyl sites for hydroxylation is 3. The Morgan fingerprint density at radius 2 is 0.940 bits per heavy atom. The lowest BCUT2D eigenvalue weighted by molar-refractivity contribution is 0.612. The van der Waals surface area contributed by atoms with Gasteiger partial charge >= 0.3 is 0 Å². The van der Waals surface area contributed by atoms with Crippen LogP contribution in [0, 0.1) is 20.8 Å². The number of benzene rings is 10. The van der Waals surface area contributed by atoms with Gasteiger partial charge in [-0.2, -0.15) is 0 Å². The Morgan fingerprint density at radius 3 is 1.68 bits per heavy atom. The van der Waals surface area contributed by atoms with E-state index in [0.717, 1.165) is 0 Å². The van der Waals surface area contributed by atoms with Crippen molar-refractivity contribution in [1.82, 2.24) is 4.57 Å². The molecule has 0 radical (unpaired) electrons. The van der Waals surface area contributed by atoms with Crippen LogP contribution in [0.2, 0.25) is 0 Å². The molecule has 430 valence electrons. The van der Waals surface area contributed by atoms with Crippen molar-refractivity contribution >= 4 is 32.6 Å². The zero-order chi connectivity index (χ0) is 60.7. The van der Waals surface area contributed by atoms with Crippen molar-refractivity contribution in [3.8, 4) is 50.2 Å². The summed E-state index contributed by atoms with van der Waals surface area (Å²) in [5.41, 5.74) is 25.6. The molecule has 0 amide bonds. The van der Waals surface area contributed by atoms with Crippen molar-refractivity contribution in [1.29, 1.82) is 0 Å². The summed E-state index contributed by atoms with van der Waals surface area (Å²) >= 11 is 0. The van der Waals surface area contributed by atoms with Crippen LogP contribution in [0.25, 0.3) is 82.8 Å². The summed E-state index contributed by atoms with van der Waals surface area (Å²) in [5, 5.41) is 5.15. The normalized spacial score (nSPS) is 13.8. The molecule has 1 unspecified atom stereocenters. The Kier molecular flexibility index (Phi) is 21.7. The molecule has 0 N–H and O–H groups in total. The maximum absolute atomic E-state index is 2.48. The van der Waals surface area contributed by atoms with E-state index < -0.39 is 0 Å². The van der Waals surface area contributed by atoms with E-state index in [1.807, 2.05) is 69.2 Å². The highest BCUT2D eigenvalue weighted by Gasteiger charge is 2.41. The maximum atomic E-state index is 2.48. The third kappa shape index (κ3) is 12.6. The topological polar surface area (TPSA) is 4.93 Å². The molecule has 10 aromatic carbocycles. The molecule has 1 heterocycles. The zero-order valence-corrected chi connectivity index (χ0v) is 53.7. The number of hydrogen-bond donors (Lipinski definition) is 0.